The molecule has 0 fully saturated rings. The van der Waals surface area contributed by atoms with Crippen molar-refractivity contribution in [2.24, 2.45) is 0 Å². The lowest BCUT2D eigenvalue weighted by Crippen LogP contribution is -1.95. The largest absolute Gasteiger partial charge is 0.497 e. The van der Waals surface area contributed by atoms with Gasteiger partial charge < -0.3 is 9.84 Å². The van der Waals surface area contributed by atoms with E-state index in [1.165, 1.54) is 10.9 Å². The Hall–Kier alpha value is -2.85. The highest BCUT2D eigenvalue weighted by Gasteiger charge is 2.18. The minimum atomic E-state index is 0.105. The number of hydrogen-bond acceptors (Lipinski definition) is 4. The van der Waals surface area contributed by atoms with E-state index >= 15 is 0 Å². The van der Waals surface area contributed by atoms with Crippen LogP contribution in [-0.4, -0.2) is 17.2 Å². The molecule has 1 aromatic heterocycles. The second-order valence-electron chi connectivity index (χ2n) is 6.27. The van der Waals surface area contributed by atoms with Crippen LogP contribution in [0.4, 0.5) is 0 Å². The van der Waals surface area contributed by atoms with Gasteiger partial charge in [0.2, 0.25) is 5.88 Å². The Kier molecular flexibility index (Phi) is 4.35. The molecule has 0 aliphatic rings. The zero-order valence-corrected chi connectivity index (χ0v) is 15.5. The molecule has 3 aromatic carbocycles. The lowest BCUT2D eigenvalue weighted by atomic mass is 9.98. The Balaban J connectivity index is 1.69. The fraction of sp³-hybridized carbons (Fsp3) is 0.136. The molecule has 0 spiro atoms. The van der Waals surface area contributed by atoms with Crippen LogP contribution in [0.3, 0.4) is 0 Å². The van der Waals surface area contributed by atoms with Gasteiger partial charge in [-0.3, -0.25) is 0 Å². The monoisotopic (exact) mass is 361 g/mol. The SMILES string of the molecule is COc1ccc2cc(C(C)c3nc(O)c(-c4ccccc4)s3)ccc2c1. The van der Waals surface area contributed by atoms with Gasteiger partial charge in [-0.25, -0.2) is 4.98 Å². The molecule has 0 saturated carbocycles. The van der Waals surface area contributed by atoms with Crippen LogP contribution in [0.25, 0.3) is 21.2 Å². The molecule has 0 aliphatic carbocycles. The highest BCUT2D eigenvalue weighted by Crippen LogP contribution is 2.39. The summed E-state index contributed by atoms with van der Waals surface area (Å²) in [5, 5.41) is 13.5. The second-order valence-corrected chi connectivity index (χ2v) is 7.30. The summed E-state index contributed by atoms with van der Waals surface area (Å²) in [5.41, 5.74) is 2.17. The number of methoxy groups -OCH3 is 1. The van der Waals surface area contributed by atoms with Crippen LogP contribution < -0.4 is 4.74 Å². The van der Waals surface area contributed by atoms with Gasteiger partial charge in [0.25, 0.3) is 0 Å². The predicted octanol–water partition coefficient (Wildman–Crippen LogP) is 5.83. The summed E-state index contributed by atoms with van der Waals surface area (Å²) in [6.45, 7) is 2.12. The van der Waals surface area contributed by atoms with Gasteiger partial charge in [-0.1, -0.05) is 61.5 Å². The van der Waals surface area contributed by atoms with Crippen LogP contribution in [0.5, 0.6) is 11.6 Å². The minimum absolute atomic E-state index is 0.105. The van der Waals surface area contributed by atoms with Crippen molar-refractivity contribution in [3.05, 3.63) is 77.3 Å². The maximum Gasteiger partial charge on any atom is 0.230 e. The maximum atomic E-state index is 10.3. The van der Waals surface area contributed by atoms with Gasteiger partial charge in [-0.15, -0.1) is 11.3 Å². The van der Waals surface area contributed by atoms with E-state index in [1.54, 1.807) is 18.4 Å². The standard InChI is InChI=1S/C22H19NO2S/c1-14(16-8-9-18-13-19(25-2)11-10-17(18)12-16)22-23-21(24)20(26-22)15-6-4-3-5-7-15/h3-14,24H,1-2H3. The third-order valence-electron chi connectivity index (χ3n) is 4.60. The lowest BCUT2D eigenvalue weighted by Gasteiger charge is -2.10. The van der Waals surface area contributed by atoms with Crippen LogP contribution in [-0.2, 0) is 0 Å². The molecule has 4 heteroatoms. The van der Waals surface area contributed by atoms with Gasteiger partial charge in [0.1, 0.15) is 10.8 Å². The third kappa shape index (κ3) is 3.04. The fourth-order valence-electron chi connectivity index (χ4n) is 3.07. The molecular formula is C22H19NO2S. The molecule has 130 valence electrons. The quantitative estimate of drug-likeness (QED) is 0.497. The van der Waals surface area contributed by atoms with Gasteiger partial charge in [0.15, 0.2) is 0 Å². The van der Waals surface area contributed by atoms with Crippen LogP contribution in [0.15, 0.2) is 66.7 Å². The molecule has 0 saturated heterocycles. The third-order valence-corrected chi connectivity index (χ3v) is 5.88. The summed E-state index contributed by atoms with van der Waals surface area (Å²) in [6.07, 6.45) is 0. The molecule has 0 radical (unpaired) electrons. The van der Waals surface area contributed by atoms with Crippen molar-refractivity contribution in [1.29, 1.82) is 0 Å². The van der Waals surface area contributed by atoms with Crippen molar-refractivity contribution in [2.75, 3.05) is 7.11 Å². The molecule has 1 unspecified atom stereocenters. The molecule has 3 nitrogen and oxygen atoms in total. The van der Waals surface area contributed by atoms with E-state index in [-0.39, 0.29) is 11.8 Å². The van der Waals surface area contributed by atoms with E-state index in [9.17, 15) is 5.11 Å². The number of hydrogen-bond donors (Lipinski definition) is 1. The van der Waals surface area contributed by atoms with Crippen molar-refractivity contribution in [1.82, 2.24) is 4.98 Å². The van der Waals surface area contributed by atoms with Crippen molar-refractivity contribution in [3.8, 4) is 22.1 Å². The van der Waals surface area contributed by atoms with Gasteiger partial charge in [0.05, 0.1) is 12.0 Å². The predicted molar refractivity (Wildman–Crippen MR) is 107 cm³/mol. The number of benzene rings is 3. The van der Waals surface area contributed by atoms with E-state index in [0.29, 0.717) is 0 Å². The Bertz CT molecular complexity index is 1060. The number of aromatic hydroxyl groups is 1. The lowest BCUT2D eigenvalue weighted by molar-refractivity contribution is 0.415. The van der Waals surface area contributed by atoms with Crippen LogP contribution in [0.1, 0.15) is 23.4 Å². The highest BCUT2D eigenvalue weighted by atomic mass is 32.1. The number of fused-ring (bicyclic) bond motifs is 1. The van der Waals surface area contributed by atoms with E-state index in [4.69, 9.17) is 4.74 Å². The summed E-state index contributed by atoms with van der Waals surface area (Å²) in [6, 6.07) is 22.4. The molecule has 1 N–H and O–H groups in total. The summed E-state index contributed by atoms with van der Waals surface area (Å²) < 4.78 is 5.29. The van der Waals surface area contributed by atoms with Gasteiger partial charge >= 0.3 is 0 Å². The van der Waals surface area contributed by atoms with Crippen LogP contribution in [0.2, 0.25) is 0 Å². The van der Waals surface area contributed by atoms with E-state index in [0.717, 1.165) is 26.6 Å². The molecule has 1 heterocycles. The first-order valence-corrected chi connectivity index (χ1v) is 9.30. The van der Waals surface area contributed by atoms with E-state index in [2.05, 4.69) is 36.2 Å². The van der Waals surface area contributed by atoms with Crippen molar-refractivity contribution in [3.63, 3.8) is 0 Å². The number of thiazole rings is 1. The molecule has 1 atom stereocenters. The Morgan fingerprint density at radius 1 is 0.962 bits per heavy atom. The van der Waals surface area contributed by atoms with E-state index < -0.39 is 0 Å². The van der Waals surface area contributed by atoms with Crippen molar-refractivity contribution >= 4 is 22.1 Å². The number of aromatic nitrogens is 1. The molecule has 4 aromatic rings. The fourth-order valence-corrected chi connectivity index (χ4v) is 4.12. The first-order chi connectivity index (χ1) is 12.7. The van der Waals surface area contributed by atoms with Gasteiger partial charge in [0, 0.05) is 5.92 Å². The zero-order chi connectivity index (χ0) is 18.1. The number of rotatable bonds is 4. The second kappa shape index (κ2) is 6.81. The molecule has 0 aliphatic heterocycles. The van der Waals surface area contributed by atoms with Crippen molar-refractivity contribution < 1.29 is 9.84 Å². The Labute approximate surface area is 156 Å². The van der Waals surface area contributed by atoms with Crippen LogP contribution in [0, 0.1) is 0 Å². The van der Waals surface area contributed by atoms with Gasteiger partial charge in [-0.05, 0) is 34.0 Å². The van der Waals surface area contributed by atoms with E-state index in [1.807, 2.05) is 42.5 Å². The summed E-state index contributed by atoms with van der Waals surface area (Å²) in [5.74, 6) is 1.07. The smallest absolute Gasteiger partial charge is 0.230 e. The normalized spacial score (nSPS) is 12.2. The average molecular weight is 361 g/mol. The first kappa shape index (κ1) is 16.6. The molecule has 4 rings (SSSR count). The summed E-state index contributed by atoms with van der Waals surface area (Å²) >= 11 is 1.55. The van der Waals surface area contributed by atoms with Crippen LogP contribution >= 0.6 is 11.3 Å². The molecule has 0 bridgehead atoms. The molecular weight excluding hydrogens is 342 g/mol. The molecule has 26 heavy (non-hydrogen) atoms. The first-order valence-electron chi connectivity index (χ1n) is 8.48. The summed E-state index contributed by atoms with van der Waals surface area (Å²) in [4.78, 5) is 5.24. The zero-order valence-electron chi connectivity index (χ0n) is 14.6. The van der Waals surface area contributed by atoms with Crippen molar-refractivity contribution in [2.45, 2.75) is 12.8 Å². The Morgan fingerprint density at radius 3 is 2.46 bits per heavy atom. The molecule has 0 amide bonds. The highest BCUT2D eigenvalue weighted by molar-refractivity contribution is 7.15. The number of nitrogens with zero attached hydrogens (tertiary/aromatic N) is 1. The average Bonchev–Trinajstić information content (AvgIpc) is 3.09. The summed E-state index contributed by atoms with van der Waals surface area (Å²) in [7, 11) is 1.68. The van der Waals surface area contributed by atoms with Gasteiger partial charge in [-0.2, -0.15) is 0 Å². The minimum Gasteiger partial charge on any atom is -0.497 e. The maximum absolute atomic E-state index is 10.3. The Morgan fingerprint density at radius 2 is 1.69 bits per heavy atom. The topological polar surface area (TPSA) is 42.4 Å². The number of ether oxygens (including phenoxy) is 1.